The van der Waals surface area contributed by atoms with Gasteiger partial charge in [-0.3, -0.25) is 4.79 Å². The number of benzene rings is 2. The molecule has 0 spiro atoms. The molecule has 2 N–H and O–H groups in total. The number of sulfone groups is 1. The standard InChI is InChI=1S/C29H35N5O5S/c1-20(2)11-15-38-23-6-5-7-24(17-23)39-26-9-8-22(16-21(26)3)33-29-28-25(31-19-32-29)10-13-34(28)14-12-30-27(35)18-40(4,36)37/h5-10,13,16-17,19-20H,11-12,14-15,18H2,1-4H3,(H,30,35)(H,31,32,33). The molecule has 0 aliphatic carbocycles. The second-order valence-corrected chi connectivity index (χ2v) is 12.2. The summed E-state index contributed by atoms with van der Waals surface area (Å²) < 4.78 is 36.6. The van der Waals surface area contributed by atoms with Crippen molar-refractivity contribution in [3.63, 3.8) is 0 Å². The van der Waals surface area contributed by atoms with Crippen molar-refractivity contribution < 1.29 is 22.7 Å². The first-order valence-corrected chi connectivity index (χ1v) is 15.2. The largest absolute Gasteiger partial charge is 0.493 e. The first-order valence-electron chi connectivity index (χ1n) is 13.1. The van der Waals surface area contributed by atoms with E-state index in [0.717, 1.165) is 46.5 Å². The maximum atomic E-state index is 11.9. The number of ether oxygens (including phenoxy) is 2. The molecule has 11 heteroatoms. The summed E-state index contributed by atoms with van der Waals surface area (Å²) in [6.45, 7) is 7.67. The van der Waals surface area contributed by atoms with Gasteiger partial charge in [-0.1, -0.05) is 19.9 Å². The van der Waals surface area contributed by atoms with Gasteiger partial charge < -0.3 is 24.7 Å². The van der Waals surface area contributed by atoms with Gasteiger partial charge in [0, 0.05) is 37.3 Å². The van der Waals surface area contributed by atoms with Crippen molar-refractivity contribution in [3.8, 4) is 17.2 Å². The minimum absolute atomic E-state index is 0.265. The molecule has 4 rings (SSSR count). The molecule has 0 saturated heterocycles. The highest BCUT2D eigenvalue weighted by atomic mass is 32.2. The summed E-state index contributed by atoms with van der Waals surface area (Å²) in [4.78, 5) is 20.6. The van der Waals surface area contributed by atoms with Crippen LogP contribution in [0.2, 0.25) is 0 Å². The number of aromatic nitrogens is 3. The molecule has 0 fully saturated rings. The number of hydrogen-bond donors (Lipinski definition) is 2. The van der Waals surface area contributed by atoms with Gasteiger partial charge >= 0.3 is 0 Å². The van der Waals surface area contributed by atoms with Crippen molar-refractivity contribution in [3.05, 3.63) is 66.6 Å². The van der Waals surface area contributed by atoms with Crippen LogP contribution in [-0.2, 0) is 21.2 Å². The number of amides is 1. The van der Waals surface area contributed by atoms with Gasteiger partial charge in [0.2, 0.25) is 5.91 Å². The molecule has 2 aromatic heterocycles. The van der Waals surface area contributed by atoms with Crippen LogP contribution in [0.25, 0.3) is 11.0 Å². The van der Waals surface area contributed by atoms with Gasteiger partial charge in [0.1, 0.15) is 34.8 Å². The van der Waals surface area contributed by atoms with Crippen molar-refractivity contribution in [2.75, 3.05) is 30.5 Å². The van der Waals surface area contributed by atoms with Crippen molar-refractivity contribution in [1.82, 2.24) is 19.9 Å². The Kier molecular flexibility index (Phi) is 9.26. The van der Waals surface area contributed by atoms with Crippen LogP contribution in [0.15, 0.2) is 61.1 Å². The fraction of sp³-hybridized carbons (Fsp3) is 0.345. The fourth-order valence-corrected chi connectivity index (χ4v) is 4.64. The van der Waals surface area contributed by atoms with E-state index in [2.05, 4.69) is 34.4 Å². The molecule has 0 aliphatic heterocycles. The summed E-state index contributed by atoms with van der Waals surface area (Å²) in [6, 6.07) is 15.3. The van der Waals surface area contributed by atoms with Gasteiger partial charge in [-0.15, -0.1) is 0 Å². The number of fused-ring (bicyclic) bond motifs is 1. The van der Waals surface area contributed by atoms with E-state index in [-0.39, 0.29) is 6.54 Å². The van der Waals surface area contributed by atoms with E-state index in [4.69, 9.17) is 9.47 Å². The molecular formula is C29H35N5O5S. The number of aryl methyl sites for hydroxylation is 1. The average Bonchev–Trinajstić information content (AvgIpc) is 3.29. The van der Waals surface area contributed by atoms with Crippen LogP contribution in [0.5, 0.6) is 17.2 Å². The predicted molar refractivity (Wildman–Crippen MR) is 156 cm³/mol. The highest BCUT2D eigenvalue weighted by molar-refractivity contribution is 7.91. The number of hydrogen-bond acceptors (Lipinski definition) is 8. The first kappa shape index (κ1) is 28.9. The lowest BCUT2D eigenvalue weighted by Crippen LogP contribution is -2.32. The van der Waals surface area contributed by atoms with E-state index in [9.17, 15) is 13.2 Å². The van der Waals surface area contributed by atoms with Gasteiger partial charge in [0.05, 0.1) is 12.1 Å². The number of rotatable bonds is 13. The number of nitrogens with one attached hydrogen (secondary N) is 2. The Morgan fingerprint density at radius 3 is 2.62 bits per heavy atom. The van der Waals surface area contributed by atoms with Gasteiger partial charge in [-0.05, 0) is 61.2 Å². The zero-order valence-corrected chi connectivity index (χ0v) is 24.0. The lowest BCUT2D eigenvalue weighted by Gasteiger charge is -2.14. The molecule has 0 saturated carbocycles. The van der Waals surface area contributed by atoms with Gasteiger partial charge in [0.25, 0.3) is 0 Å². The third-order valence-corrected chi connectivity index (χ3v) is 6.84. The Labute approximate surface area is 234 Å². The maximum Gasteiger partial charge on any atom is 0.235 e. The quantitative estimate of drug-likeness (QED) is 0.236. The molecule has 0 radical (unpaired) electrons. The third-order valence-electron chi connectivity index (χ3n) is 6.05. The molecule has 1 amide bonds. The Morgan fingerprint density at radius 1 is 1.07 bits per heavy atom. The van der Waals surface area contributed by atoms with Crippen LogP contribution in [0, 0.1) is 12.8 Å². The predicted octanol–water partition coefficient (Wildman–Crippen LogP) is 4.86. The van der Waals surface area contributed by atoms with E-state index < -0.39 is 21.5 Å². The Balaban J connectivity index is 1.43. The Morgan fingerprint density at radius 2 is 1.88 bits per heavy atom. The summed E-state index contributed by atoms with van der Waals surface area (Å²) in [5.41, 5.74) is 3.27. The minimum Gasteiger partial charge on any atom is -0.493 e. The van der Waals surface area contributed by atoms with E-state index in [1.165, 1.54) is 6.33 Å². The van der Waals surface area contributed by atoms with E-state index >= 15 is 0 Å². The Bertz CT molecular complexity index is 1580. The van der Waals surface area contributed by atoms with Gasteiger partial charge in [0.15, 0.2) is 15.7 Å². The second-order valence-electron chi connectivity index (χ2n) is 10.1. The maximum absolute atomic E-state index is 11.9. The molecule has 2 aromatic carbocycles. The molecule has 10 nitrogen and oxygen atoms in total. The average molecular weight is 566 g/mol. The summed E-state index contributed by atoms with van der Waals surface area (Å²) >= 11 is 0. The second kappa shape index (κ2) is 12.8. The van der Waals surface area contributed by atoms with Crippen LogP contribution in [0.4, 0.5) is 11.5 Å². The zero-order chi connectivity index (χ0) is 28.7. The highest BCUT2D eigenvalue weighted by Gasteiger charge is 2.13. The van der Waals surface area contributed by atoms with E-state index in [1.54, 1.807) is 0 Å². The molecule has 2 heterocycles. The number of carbonyl (C=O) groups is 1. The van der Waals surface area contributed by atoms with Crippen LogP contribution in [-0.4, -0.2) is 54.0 Å². The molecule has 0 unspecified atom stereocenters. The fourth-order valence-electron chi connectivity index (χ4n) is 4.06. The van der Waals surface area contributed by atoms with Crippen LogP contribution < -0.4 is 20.1 Å². The summed E-state index contributed by atoms with van der Waals surface area (Å²) in [5, 5.41) is 6.00. The van der Waals surface area contributed by atoms with Gasteiger partial charge in [-0.25, -0.2) is 18.4 Å². The van der Waals surface area contributed by atoms with Crippen LogP contribution >= 0.6 is 0 Å². The summed E-state index contributed by atoms with van der Waals surface area (Å²) in [7, 11) is -3.38. The lowest BCUT2D eigenvalue weighted by atomic mass is 10.1. The molecule has 0 bridgehead atoms. The smallest absolute Gasteiger partial charge is 0.235 e. The van der Waals surface area contributed by atoms with Crippen molar-refractivity contribution in [2.45, 2.75) is 33.7 Å². The van der Waals surface area contributed by atoms with Crippen LogP contribution in [0.3, 0.4) is 0 Å². The van der Waals surface area contributed by atoms with E-state index in [0.29, 0.717) is 30.6 Å². The molecular weight excluding hydrogens is 530 g/mol. The van der Waals surface area contributed by atoms with Gasteiger partial charge in [-0.2, -0.15) is 0 Å². The summed E-state index contributed by atoms with van der Waals surface area (Å²) in [6.07, 6.45) is 5.37. The van der Waals surface area contributed by atoms with Crippen molar-refractivity contribution in [2.24, 2.45) is 5.92 Å². The Hall–Kier alpha value is -4.12. The molecule has 0 aliphatic rings. The van der Waals surface area contributed by atoms with Crippen molar-refractivity contribution >= 4 is 38.3 Å². The van der Waals surface area contributed by atoms with Crippen molar-refractivity contribution in [1.29, 1.82) is 0 Å². The molecule has 0 atom stereocenters. The van der Waals surface area contributed by atoms with Crippen LogP contribution in [0.1, 0.15) is 25.8 Å². The SMILES string of the molecule is Cc1cc(Nc2ncnc3ccn(CCNC(=O)CS(C)(=O)=O)c23)ccc1Oc1cccc(OCCC(C)C)c1. The lowest BCUT2D eigenvalue weighted by molar-refractivity contribution is -0.118. The normalized spacial score (nSPS) is 11.5. The third kappa shape index (κ3) is 8.19. The molecule has 212 valence electrons. The monoisotopic (exact) mass is 565 g/mol. The summed E-state index contributed by atoms with van der Waals surface area (Å²) in [5.74, 6) is 2.33. The first-order chi connectivity index (χ1) is 19.1. The number of anilines is 2. The number of carbonyl (C=O) groups excluding carboxylic acids is 1. The minimum atomic E-state index is -3.38. The molecule has 40 heavy (non-hydrogen) atoms. The van der Waals surface area contributed by atoms with E-state index in [1.807, 2.05) is 66.2 Å². The number of nitrogens with zero attached hydrogens (tertiary/aromatic N) is 3. The molecule has 4 aromatic rings. The topological polar surface area (TPSA) is 124 Å². The zero-order valence-electron chi connectivity index (χ0n) is 23.2. The highest BCUT2D eigenvalue weighted by Crippen LogP contribution is 2.31.